The molecule has 1 aliphatic rings. The summed E-state index contributed by atoms with van der Waals surface area (Å²) in [6.45, 7) is 9.69. The fourth-order valence-electron chi connectivity index (χ4n) is 3.26. The van der Waals surface area contributed by atoms with Crippen molar-refractivity contribution in [1.82, 2.24) is 9.88 Å². The number of halogens is 1. The minimum absolute atomic E-state index is 0.571. The molecule has 0 saturated heterocycles. The minimum atomic E-state index is 0.571. The first-order valence-corrected chi connectivity index (χ1v) is 7.87. The summed E-state index contributed by atoms with van der Waals surface area (Å²) in [5, 5.41) is 1.24. The predicted molar refractivity (Wildman–Crippen MR) is 85.4 cm³/mol. The van der Waals surface area contributed by atoms with E-state index in [0.29, 0.717) is 5.88 Å². The van der Waals surface area contributed by atoms with Gasteiger partial charge < -0.3 is 0 Å². The molecular weight excluding hydrogens is 268 g/mol. The molecule has 0 bridgehead atoms. The van der Waals surface area contributed by atoms with Crippen LogP contribution in [0.15, 0.2) is 12.1 Å². The average Bonchev–Trinajstić information content (AvgIpc) is 2.44. The highest BCUT2D eigenvalue weighted by atomic mass is 35.5. The van der Waals surface area contributed by atoms with E-state index in [2.05, 4.69) is 37.8 Å². The van der Waals surface area contributed by atoms with Gasteiger partial charge in [0.05, 0.1) is 5.52 Å². The average molecular weight is 289 g/mol. The molecule has 0 N–H and O–H groups in total. The largest absolute Gasteiger partial charge is 0.299 e. The molecule has 0 radical (unpaired) electrons. The van der Waals surface area contributed by atoms with Crippen molar-refractivity contribution >= 4 is 22.5 Å². The lowest BCUT2D eigenvalue weighted by atomic mass is 9.94. The van der Waals surface area contributed by atoms with Gasteiger partial charge in [-0.15, -0.1) is 11.6 Å². The summed E-state index contributed by atoms with van der Waals surface area (Å²) in [5.74, 6) is 0.571. The molecule has 2 heterocycles. The van der Waals surface area contributed by atoms with Gasteiger partial charge in [0.15, 0.2) is 0 Å². The van der Waals surface area contributed by atoms with Gasteiger partial charge in [0.2, 0.25) is 0 Å². The fourth-order valence-corrected chi connectivity index (χ4v) is 3.57. The maximum Gasteiger partial charge on any atom is 0.0738 e. The third kappa shape index (κ3) is 2.21. The van der Waals surface area contributed by atoms with E-state index in [1.165, 1.54) is 33.3 Å². The second-order valence-electron chi connectivity index (χ2n) is 5.75. The first kappa shape index (κ1) is 13.8. The quantitative estimate of drug-likeness (QED) is 0.778. The lowest BCUT2D eigenvalue weighted by molar-refractivity contribution is 0.265. The first-order valence-electron chi connectivity index (χ1n) is 7.34. The third-order valence-electron chi connectivity index (χ3n) is 4.36. The van der Waals surface area contributed by atoms with Crippen LogP contribution in [0.4, 0.5) is 0 Å². The number of rotatable bonds is 2. The Hall–Kier alpha value is -1.12. The smallest absolute Gasteiger partial charge is 0.0738 e. The Labute approximate surface area is 125 Å². The molecule has 0 unspecified atom stereocenters. The lowest BCUT2D eigenvalue weighted by Gasteiger charge is -2.29. The van der Waals surface area contributed by atoms with Gasteiger partial charge in [-0.25, -0.2) is 0 Å². The zero-order chi connectivity index (χ0) is 14.3. The van der Waals surface area contributed by atoms with Gasteiger partial charge in [-0.05, 0) is 43.1 Å². The number of pyridine rings is 1. The summed E-state index contributed by atoms with van der Waals surface area (Å²) < 4.78 is 0. The van der Waals surface area contributed by atoms with Gasteiger partial charge in [-0.2, -0.15) is 0 Å². The molecule has 0 fully saturated rings. The highest BCUT2D eigenvalue weighted by molar-refractivity contribution is 6.18. The Morgan fingerprint density at radius 3 is 2.80 bits per heavy atom. The summed E-state index contributed by atoms with van der Waals surface area (Å²) in [6, 6.07) is 4.44. The molecular formula is C17H21ClN2. The normalized spacial score (nSPS) is 15.6. The van der Waals surface area contributed by atoms with Gasteiger partial charge >= 0.3 is 0 Å². The topological polar surface area (TPSA) is 16.1 Å². The van der Waals surface area contributed by atoms with Crippen LogP contribution in [-0.2, 0) is 18.8 Å². The first-order chi connectivity index (χ1) is 9.63. The van der Waals surface area contributed by atoms with Crippen molar-refractivity contribution < 1.29 is 0 Å². The number of alkyl halides is 1. The number of nitrogens with zero attached hydrogens (tertiary/aromatic N) is 2. The zero-order valence-electron chi connectivity index (χ0n) is 12.5. The summed E-state index contributed by atoms with van der Waals surface area (Å²) in [5.41, 5.74) is 7.58. The number of aromatic nitrogens is 1. The summed E-state index contributed by atoms with van der Waals surface area (Å²) in [6.07, 6.45) is 1.04. The van der Waals surface area contributed by atoms with Gasteiger partial charge in [-0.1, -0.05) is 18.6 Å². The third-order valence-corrected chi connectivity index (χ3v) is 4.62. The van der Waals surface area contributed by atoms with Crippen molar-refractivity contribution in [3.05, 3.63) is 40.1 Å². The molecule has 3 heteroatoms. The maximum atomic E-state index is 6.29. The van der Waals surface area contributed by atoms with E-state index in [1.54, 1.807) is 0 Å². The standard InChI is InChI=1S/C17H21ClN2/c1-4-20-6-5-16-15(10-20)14(9-18)13-8-11(2)7-12(3)17(13)19-16/h7-8H,4-6,9-10H2,1-3H3. The second kappa shape index (κ2) is 5.34. The van der Waals surface area contributed by atoms with Gasteiger partial charge in [0.1, 0.15) is 0 Å². The van der Waals surface area contributed by atoms with Gasteiger partial charge in [0.25, 0.3) is 0 Å². The molecule has 0 aliphatic carbocycles. The van der Waals surface area contributed by atoms with E-state index in [1.807, 2.05) is 0 Å². The summed E-state index contributed by atoms with van der Waals surface area (Å²) >= 11 is 6.29. The number of hydrogen-bond donors (Lipinski definition) is 0. The number of aryl methyl sites for hydroxylation is 2. The molecule has 0 atom stereocenters. The lowest BCUT2D eigenvalue weighted by Crippen LogP contribution is -2.31. The van der Waals surface area contributed by atoms with Gasteiger partial charge in [0, 0.05) is 36.5 Å². The van der Waals surface area contributed by atoms with Crippen molar-refractivity contribution in [3.8, 4) is 0 Å². The van der Waals surface area contributed by atoms with E-state index in [9.17, 15) is 0 Å². The van der Waals surface area contributed by atoms with Crippen LogP contribution in [0.1, 0.15) is 34.9 Å². The van der Waals surface area contributed by atoms with Crippen LogP contribution < -0.4 is 0 Å². The van der Waals surface area contributed by atoms with E-state index < -0.39 is 0 Å². The molecule has 3 rings (SSSR count). The van der Waals surface area contributed by atoms with E-state index in [0.717, 1.165) is 31.6 Å². The molecule has 2 nitrogen and oxygen atoms in total. The molecule has 0 saturated carbocycles. The van der Waals surface area contributed by atoms with Crippen LogP contribution in [0.3, 0.4) is 0 Å². The molecule has 106 valence electrons. The Morgan fingerprint density at radius 2 is 2.10 bits per heavy atom. The Kier molecular flexibility index (Phi) is 3.70. The van der Waals surface area contributed by atoms with Crippen molar-refractivity contribution in [2.75, 3.05) is 13.1 Å². The number of fused-ring (bicyclic) bond motifs is 2. The molecule has 0 spiro atoms. The number of benzene rings is 1. The molecule has 1 aromatic heterocycles. The van der Waals surface area contributed by atoms with Crippen molar-refractivity contribution in [2.24, 2.45) is 0 Å². The molecule has 2 aromatic rings. The molecule has 1 aliphatic heterocycles. The van der Waals surface area contributed by atoms with Crippen LogP contribution in [0.25, 0.3) is 10.9 Å². The van der Waals surface area contributed by atoms with Crippen LogP contribution >= 0.6 is 11.6 Å². The number of likely N-dealkylation sites (N-methyl/N-ethyl adjacent to an activating group) is 1. The van der Waals surface area contributed by atoms with Crippen LogP contribution in [0, 0.1) is 13.8 Å². The molecule has 0 amide bonds. The highest BCUT2D eigenvalue weighted by Gasteiger charge is 2.21. The zero-order valence-corrected chi connectivity index (χ0v) is 13.2. The summed E-state index contributed by atoms with van der Waals surface area (Å²) in [7, 11) is 0. The molecule has 1 aromatic carbocycles. The highest BCUT2D eigenvalue weighted by Crippen LogP contribution is 2.31. The van der Waals surface area contributed by atoms with Crippen LogP contribution in [0.5, 0.6) is 0 Å². The Bertz CT molecular complexity index is 664. The van der Waals surface area contributed by atoms with Crippen molar-refractivity contribution in [1.29, 1.82) is 0 Å². The van der Waals surface area contributed by atoms with E-state index in [-0.39, 0.29) is 0 Å². The Morgan fingerprint density at radius 1 is 1.30 bits per heavy atom. The van der Waals surface area contributed by atoms with Crippen LogP contribution in [0.2, 0.25) is 0 Å². The maximum absolute atomic E-state index is 6.29. The number of hydrogen-bond acceptors (Lipinski definition) is 2. The second-order valence-corrected chi connectivity index (χ2v) is 6.01. The monoisotopic (exact) mass is 288 g/mol. The molecule has 20 heavy (non-hydrogen) atoms. The predicted octanol–water partition coefficient (Wildman–Crippen LogP) is 3.97. The van der Waals surface area contributed by atoms with Crippen molar-refractivity contribution in [2.45, 2.75) is 39.6 Å². The summed E-state index contributed by atoms with van der Waals surface area (Å²) in [4.78, 5) is 7.42. The Balaban J connectivity index is 2.28. The minimum Gasteiger partial charge on any atom is -0.299 e. The van der Waals surface area contributed by atoms with Gasteiger partial charge in [-0.3, -0.25) is 9.88 Å². The van der Waals surface area contributed by atoms with Crippen molar-refractivity contribution in [3.63, 3.8) is 0 Å². The fraction of sp³-hybridized carbons (Fsp3) is 0.471. The van der Waals surface area contributed by atoms with E-state index in [4.69, 9.17) is 16.6 Å². The SMILES string of the molecule is CCN1CCc2nc3c(C)cc(C)cc3c(CCl)c2C1. The van der Waals surface area contributed by atoms with E-state index >= 15 is 0 Å². The van der Waals surface area contributed by atoms with Crippen LogP contribution in [-0.4, -0.2) is 23.0 Å².